The molecule has 0 radical (unpaired) electrons. The molecule has 0 amide bonds. The van der Waals surface area contributed by atoms with Crippen LogP contribution in [-0.2, 0) is 9.09 Å². The summed E-state index contributed by atoms with van der Waals surface area (Å²) in [6.07, 6.45) is 0. The van der Waals surface area contributed by atoms with Crippen molar-refractivity contribution >= 4 is 8.03 Å². The second-order valence-electron chi connectivity index (χ2n) is 3.80. The van der Waals surface area contributed by atoms with E-state index in [1.54, 1.807) is 0 Å². The van der Waals surface area contributed by atoms with Gasteiger partial charge in [0.05, 0.1) is 21.1 Å². The van der Waals surface area contributed by atoms with Gasteiger partial charge in [0.15, 0.2) is 6.61 Å². The molecule has 0 aromatic rings. The molecule has 0 aromatic heterocycles. The number of aliphatic hydroxyl groups excluding tert-OH is 2. The van der Waals surface area contributed by atoms with Crippen LogP contribution in [0.3, 0.4) is 0 Å². The third-order valence-corrected chi connectivity index (χ3v) is 2.47. The molecule has 0 aromatic carbocycles. The predicted molar refractivity (Wildman–Crippen MR) is 49.6 cm³/mol. The van der Waals surface area contributed by atoms with Crippen LogP contribution in [0, 0.1) is 0 Å². The number of likely N-dealkylation sites (N-methyl/N-ethyl adjacent to an activating group) is 1. The van der Waals surface area contributed by atoms with E-state index >= 15 is 0 Å². The lowest BCUT2D eigenvalue weighted by molar-refractivity contribution is -0.870. The van der Waals surface area contributed by atoms with Gasteiger partial charge in [0.25, 0.3) is 0 Å². The van der Waals surface area contributed by atoms with E-state index in [0.29, 0.717) is 17.6 Å². The summed E-state index contributed by atoms with van der Waals surface area (Å²) >= 11 is 0. The van der Waals surface area contributed by atoms with E-state index in [9.17, 15) is 4.57 Å². The third-order valence-electron chi connectivity index (χ3n) is 1.39. The van der Waals surface area contributed by atoms with Crippen molar-refractivity contribution in [3.63, 3.8) is 0 Å². The summed E-state index contributed by atoms with van der Waals surface area (Å²) in [6.45, 7) is 0.495. The van der Waals surface area contributed by atoms with Crippen LogP contribution in [0.2, 0.25) is 0 Å². The van der Waals surface area contributed by atoms with Gasteiger partial charge in [-0.1, -0.05) is 0 Å². The molecule has 0 aliphatic rings. The summed E-state index contributed by atoms with van der Waals surface area (Å²) in [7, 11) is 3.81. The fourth-order valence-corrected chi connectivity index (χ4v) is 1.12. The zero-order valence-electron chi connectivity index (χ0n) is 8.30. The van der Waals surface area contributed by atoms with Crippen molar-refractivity contribution < 1.29 is 23.8 Å². The molecule has 0 aliphatic heterocycles. The first-order chi connectivity index (χ1) is 5.87. The molecular weight excluding hydrogens is 193 g/mol. The highest BCUT2D eigenvalue weighted by atomic mass is 31.1. The molecule has 0 bridgehead atoms. The fraction of sp³-hybridized carbons (Fsp3) is 1.00. The summed E-state index contributed by atoms with van der Waals surface area (Å²) in [5, 5.41) is 17.3. The van der Waals surface area contributed by atoms with E-state index in [1.165, 1.54) is 0 Å². The minimum Gasteiger partial charge on any atom is -0.389 e. The molecule has 0 rings (SSSR count). The Labute approximate surface area is 79.4 Å². The summed E-state index contributed by atoms with van der Waals surface area (Å²) in [6, 6.07) is 0. The van der Waals surface area contributed by atoms with Crippen molar-refractivity contribution in [3.8, 4) is 0 Å². The van der Waals surface area contributed by atoms with Crippen molar-refractivity contribution in [1.29, 1.82) is 0 Å². The first kappa shape index (κ1) is 12.9. The van der Waals surface area contributed by atoms with Gasteiger partial charge in [-0.3, -0.25) is 0 Å². The van der Waals surface area contributed by atoms with E-state index in [1.807, 2.05) is 21.1 Å². The van der Waals surface area contributed by atoms with E-state index in [4.69, 9.17) is 14.7 Å². The first-order valence-corrected chi connectivity index (χ1v) is 5.30. The Bertz CT molecular complexity index is 168. The van der Waals surface area contributed by atoms with Crippen LogP contribution < -0.4 is 0 Å². The van der Waals surface area contributed by atoms with Crippen LogP contribution >= 0.6 is 8.03 Å². The van der Waals surface area contributed by atoms with E-state index in [0.717, 1.165) is 0 Å². The molecule has 0 heterocycles. The van der Waals surface area contributed by atoms with Crippen LogP contribution in [0.1, 0.15) is 0 Å². The standard InChI is InChI=1S/C7H18NO4P/c1-8(2,3)4-5-12-13(11)7(10)6-9/h7,9-10H,4-6H2,1-3H3/q+2. The molecule has 0 fully saturated rings. The predicted octanol–water partition coefficient (Wildman–Crippen LogP) is -0.238. The van der Waals surface area contributed by atoms with Crippen LogP contribution in [0.15, 0.2) is 0 Å². The lowest BCUT2D eigenvalue weighted by Gasteiger charge is -2.22. The van der Waals surface area contributed by atoms with Gasteiger partial charge >= 0.3 is 13.9 Å². The van der Waals surface area contributed by atoms with Gasteiger partial charge in [0, 0.05) is 0 Å². The average molecular weight is 211 g/mol. The molecule has 0 saturated heterocycles. The zero-order chi connectivity index (χ0) is 10.5. The highest BCUT2D eigenvalue weighted by molar-refractivity contribution is 7.39. The lowest BCUT2D eigenvalue weighted by Crippen LogP contribution is -2.37. The number of hydrogen-bond donors (Lipinski definition) is 2. The number of nitrogens with zero attached hydrogens (tertiary/aromatic N) is 1. The van der Waals surface area contributed by atoms with E-state index in [2.05, 4.69) is 0 Å². The molecule has 78 valence electrons. The SMILES string of the molecule is C[N+](C)(C)CCO[P+](=O)C(O)CO. The van der Waals surface area contributed by atoms with Crippen molar-refractivity contribution in [2.24, 2.45) is 0 Å². The van der Waals surface area contributed by atoms with Gasteiger partial charge in [0.2, 0.25) is 0 Å². The molecule has 6 heteroatoms. The highest BCUT2D eigenvalue weighted by Gasteiger charge is 2.30. The van der Waals surface area contributed by atoms with Crippen molar-refractivity contribution in [2.45, 2.75) is 5.85 Å². The minimum absolute atomic E-state index is 0.315. The van der Waals surface area contributed by atoms with E-state index in [-0.39, 0.29) is 0 Å². The van der Waals surface area contributed by atoms with Gasteiger partial charge in [0.1, 0.15) is 13.2 Å². The highest BCUT2D eigenvalue weighted by Crippen LogP contribution is 2.26. The van der Waals surface area contributed by atoms with Gasteiger partial charge < -0.3 is 14.7 Å². The summed E-state index contributed by atoms with van der Waals surface area (Å²) < 4.78 is 16.5. The quantitative estimate of drug-likeness (QED) is 0.470. The van der Waals surface area contributed by atoms with Crippen molar-refractivity contribution in [2.75, 3.05) is 40.9 Å². The van der Waals surface area contributed by atoms with Crippen LogP contribution in [0.25, 0.3) is 0 Å². The average Bonchev–Trinajstić information content (AvgIpc) is 2.00. The molecule has 13 heavy (non-hydrogen) atoms. The summed E-state index contributed by atoms with van der Waals surface area (Å²) in [4.78, 5) is 0. The second kappa shape index (κ2) is 5.62. The molecule has 0 spiro atoms. The Hall–Kier alpha value is -0.0600. The second-order valence-corrected chi connectivity index (χ2v) is 5.22. The number of aliphatic hydroxyl groups is 2. The van der Waals surface area contributed by atoms with Crippen LogP contribution in [0.5, 0.6) is 0 Å². The Morgan fingerprint density at radius 3 is 2.38 bits per heavy atom. The molecule has 0 saturated carbocycles. The summed E-state index contributed by atoms with van der Waals surface area (Å²) in [5.74, 6) is -1.26. The van der Waals surface area contributed by atoms with Crippen LogP contribution in [-0.4, -0.2) is 61.4 Å². The Kier molecular flexibility index (Phi) is 5.60. The molecule has 5 nitrogen and oxygen atoms in total. The largest absolute Gasteiger partial charge is 0.543 e. The molecular formula is C7H18NO4P+2. The molecule has 2 atom stereocenters. The zero-order valence-corrected chi connectivity index (χ0v) is 9.20. The fourth-order valence-electron chi connectivity index (χ4n) is 0.557. The van der Waals surface area contributed by atoms with Crippen molar-refractivity contribution in [3.05, 3.63) is 0 Å². The topological polar surface area (TPSA) is 66.8 Å². The van der Waals surface area contributed by atoms with E-state index < -0.39 is 20.5 Å². The maximum Gasteiger partial charge on any atom is 0.543 e. The smallest absolute Gasteiger partial charge is 0.389 e. The van der Waals surface area contributed by atoms with Crippen LogP contribution in [0.4, 0.5) is 0 Å². The first-order valence-electron chi connectivity index (χ1n) is 4.05. The maximum absolute atomic E-state index is 11.0. The normalized spacial score (nSPS) is 15.6. The minimum atomic E-state index is -2.15. The Balaban J connectivity index is 3.60. The Morgan fingerprint density at radius 1 is 1.46 bits per heavy atom. The maximum atomic E-state index is 11.0. The molecule has 2 unspecified atom stereocenters. The number of hydrogen-bond acceptors (Lipinski definition) is 4. The monoisotopic (exact) mass is 211 g/mol. The van der Waals surface area contributed by atoms with Gasteiger partial charge in [-0.15, -0.1) is 4.52 Å². The number of rotatable bonds is 6. The number of quaternary nitrogens is 1. The third kappa shape index (κ3) is 7.05. The van der Waals surface area contributed by atoms with Crippen molar-refractivity contribution in [1.82, 2.24) is 0 Å². The van der Waals surface area contributed by atoms with Gasteiger partial charge in [-0.2, -0.15) is 0 Å². The molecule has 0 aliphatic carbocycles. The van der Waals surface area contributed by atoms with Gasteiger partial charge in [-0.05, 0) is 4.57 Å². The van der Waals surface area contributed by atoms with Gasteiger partial charge in [-0.25, -0.2) is 0 Å². The molecule has 2 N–H and O–H groups in total. The Morgan fingerprint density at radius 2 is 2.00 bits per heavy atom. The lowest BCUT2D eigenvalue weighted by atomic mass is 10.5. The summed E-state index contributed by atoms with van der Waals surface area (Å²) in [5.41, 5.74) is 0.